The van der Waals surface area contributed by atoms with Crippen LogP contribution in [0.4, 0.5) is 4.39 Å². The van der Waals surface area contributed by atoms with Crippen LogP contribution in [0.2, 0.25) is 0 Å². The van der Waals surface area contributed by atoms with Crippen molar-refractivity contribution in [1.82, 2.24) is 19.8 Å². The second-order valence-corrected chi connectivity index (χ2v) is 8.18. The number of hydrogen-bond donors (Lipinski definition) is 1. The maximum atomic E-state index is 14.1. The van der Waals surface area contributed by atoms with Crippen molar-refractivity contribution in [3.63, 3.8) is 0 Å². The number of carbonyl (C=O) groups excluding carboxylic acids is 1. The van der Waals surface area contributed by atoms with E-state index in [0.717, 1.165) is 46.5 Å². The lowest BCUT2D eigenvalue weighted by molar-refractivity contribution is 0.0736. The Morgan fingerprint density at radius 3 is 2.66 bits per heavy atom. The van der Waals surface area contributed by atoms with Crippen molar-refractivity contribution >= 4 is 16.8 Å². The van der Waals surface area contributed by atoms with Crippen LogP contribution in [0.3, 0.4) is 0 Å². The zero-order chi connectivity index (χ0) is 22.1. The number of carbonyl (C=O) groups is 1. The van der Waals surface area contributed by atoms with Gasteiger partial charge in [-0.3, -0.25) is 9.78 Å². The number of pyridine rings is 1. The average Bonchev–Trinajstić information content (AvgIpc) is 3.15. The van der Waals surface area contributed by atoms with Gasteiger partial charge in [0.05, 0.1) is 11.1 Å². The lowest BCUT2D eigenvalue weighted by Gasteiger charge is -2.28. The first-order valence-corrected chi connectivity index (χ1v) is 10.9. The normalized spacial score (nSPS) is 14.1. The highest BCUT2D eigenvalue weighted by Crippen LogP contribution is 2.32. The fraction of sp³-hybridized carbons (Fsp3) is 0.231. The summed E-state index contributed by atoms with van der Waals surface area (Å²) in [5.41, 5.74) is 5.27. The summed E-state index contributed by atoms with van der Waals surface area (Å²) in [5.74, 6) is -0.271. The zero-order valence-electron chi connectivity index (χ0n) is 18.0. The number of piperazine rings is 1. The van der Waals surface area contributed by atoms with Crippen LogP contribution in [-0.4, -0.2) is 46.5 Å². The van der Waals surface area contributed by atoms with Crippen LogP contribution in [0.5, 0.6) is 0 Å². The van der Waals surface area contributed by atoms with E-state index in [2.05, 4.69) is 14.9 Å². The number of rotatable bonds is 4. The highest BCUT2D eigenvalue weighted by Gasteiger charge is 2.28. The summed E-state index contributed by atoms with van der Waals surface area (Å²) in [6.07, 6.45) is 3.96. The first-order chi connectivity index (χ1) is 15.6. The molecule has 5 nitrogen and oxygen atoms in total. The van der Waals surface area contributed by atoms with E-state index in [1.807, 2.05) is 48.2 Å². The molecule has 0 saturated carbocycles. The van der Waals surface area contributed by atoms with Gasteiger partial charge in [-0.15, -0.1) is 0 Å². The Bertz CT molecular complexity index is 1280. The summed E-state index contributed by atoms with van der Waals surface area (Å²) in [6.45, 7) is 4.86. The van der Waals surface area contributed by atoms with Crippen molar-refractivity contribution < 1.29 is 9.18 Å². The van der Waals surface area contributed by atoms with Gasteiger partial charge < -0.3 is 14.8 Å². The van der Waals surface area contributed by atoms with Crippen molar-refractivity contribution in [2.24, 2.45) is 0 Å². The molecule has 1 aliphatic rings. The van der Waals surface area contributed by atoms with Crippen LogP contribution in [0.25, 0.3) is 16.6 Å². The summed E-state index contributed by atoms with van der Waals surface area (Å²) < 4.78 is 16.3. The monoisotopic (exact) mass is 428 g/mol. The molecule has 0 bridgehead atoms. The Kier molecular flexibility index (Phi) is 5.45. The quantitative estimate of drug-likeness (QED) is 0.532. The summed E-state index contributed by atoms with van der Waals surface area (Å²) in [5, 5.41) is 4.13. The number of fused-ring (bicyclic) bond motifs is 1. The number of benzene rings is 2. The van der Waals surface area contributed by atoms with Crippen molar-refractivity contribution in [3.05, 3.63) is 95.2 Å². The molecule has 162 valence electrons. The SMILES string of the molecule is Cc1ccc(F)cc1Cc1c(C(=O)N2CCNCC2)c2cnccc2n1-c1ccccc1. The fourth-order valence-corrected chi connectivity index (χ4v) is 4.50. The topological polar surface area (TPSA) is 50.2 Å². The van der Waals surface area contributed by atoms with Crippen LogP contribution >= 0.6 is 0 Å². The van der Waals surface area contributed by atoms with E-state index in [9.17, 15) is 9.18 Å². The first kappa shape index (κ1) is 20.4. The number of hydrogen-bond acceptors (Lipinski definition) is 3. The van der Waals surface area contributed by atoms with Crippen molar-refractivity contribution in [1.29, 1.82) is 0 Å². The van der Waals surface area contributed by atoms with Crippen molar-refractivity contribution in [3.8, 4) is 5.69 Å². The molecule has 1 N–H and O–H groups in total. The van der Waals surface area contributed by atoms with Gasteiger partial charge in [0.25, 0.3) is 5.91 Å². The van der Waals surface area contributed by atoms with Crippen LogP contribution in [0.1, 0.15) is 27.2 Å². The van der Waals surface area contributed by atoms with Gasteiger partial charge in [-0.2, -0.15) is 0 Å². The molecule has 1 aliphatic heterocycles. The number of halogens is 1. The maximum absolute atomic E-state index is 14.1. The minimum atomic E-state index is -0.273. The maximum Gasteiger partial charge on any atom is 0.256 e. The van der Waals surface area contributed by atoms with Crippen molar-refractivity contribution in [2.75, 3.05) is 26.2 Å². The Morgan fingerprint density at radius 2 is 1.88 bits per heavy atom. The van der Waals surface area contributed by atoms with Crippen LogP contribution in [0.15, 0.2) is 67.0 Å². The molecule has 0 aliphatic carbocycles. The molecular formula is C26H25FN4O. The Hall–Kier alpha value is -3.51. The number of para-hydroxylation sites is 1. The van der Waals surface area contributed by atoms with Crippen molar-refractivity contribution in [2.45, 2.75) is 13.3 Å². The second kappa shape index (κ2) is 8.55. The summed E-state index contributed by atoms with van der Waals surface area (Å²) in [7, 11) is 0. The Morgan fingerprint density at radius 1 is 1.09 bits per heavy atom. The van der Waals surface area contributed by atoms with Gasteiger partial charge in [0.1, 0.15) is 5.82 Å². The lowest BCUT2D eigenvalue weighted by atomic mass is 10.00. The minimum Gasteiger partial charge on any atom is -0.336 e. The van der Waals surface area contributed by atoms with E-state index in [0.29, 0.717) is 25.1 Å². The molecule has 32 heavy (non-hydrogen) atoms. The molecule has 0 atom stereocenters. The largest absolute Gasteiger partial charge is 0.336 e. The van der Waals surface area contributed by atoms with Crippen LogP contribution < -0.4 is 5.32 Å². The molecule has 0 radical (unpaired) electrons. The molecule has 2 aromatic heterocycles. The molecule has 2 aromatic carbocycles. The van der Waals surface area contributed by atoms with Crippen LogP contribution in [-0.2, 0) is 6.42 Å². The van der Waals surface area contributed by atoms with Gasteiger partial charge in [-0.25, -0.2) is 4.39 Å². The number of aromatic nitrogens is 2. The molecule has 1 saturated heterocycles. The highest BCUT2D eigenvalue weighted by molar-refractivity contribution is 6.09. The van der Waals surface area contributed by atoms with E-state index < -0.39 is 0 Å². The predicted octanol–water partition coefficient (Wildman–Crippen LogP) is 4.11. The third kappa shape index (κ3) is 3.67. The Labute approximate surface area is 186 Å². The van der Waals surface area contributed by atoms with E-state index in [-0.39, 0.29) is 11.7 Å². The molecule has 6 heteroatoms. The van der Waals surface area contributed by atoms with Gasteiger partial charge in [0, 0.05) is 61.8 Å². The third-order valence-corrected chi connectivity index (χ3v) is 6.17. The molecule has 4 aromatic rings. The number of nitrogens with zero attached hydrogens (tertiary/aromatic N) is 3. The first-order valence-electron chi connectivity index (χ1n) is 10.9. The lowest BCUT2D eigenvalue weighted by Crippen LogP contribution is -2.46. The minimum absolute atomic E-state index is 0.00300. The zero-order valence-corrected chi connectivity index (χ0v) is 18.0. The third-order valence-electron chi connectivity index (χ3n) is 6.17. The van der Waals surface area contributed by atoms with Gasteiger partial charge in [0.15, 0.2) is 0 Å². The molecular weight excluding hydrogens is 403 g/mol. The number of nitrogens with one attached hydrogen (secondary N) is 1. The number of amides is 1. The van der Waals surface area contributed by atoms with Crippen LogP contribution in [0, 0.1) is 12.7 Å². The highest BCUT2D eigenvalue weighted by atomic mass is 19.1. The fourth-order valence-electron chi connectivity index (χ4n) is 4.50. The second-order valence-electron chi connectivity index (χ2n) is 8.18. The van der Waals surface area contributed by atoms with E-state index in [1.54, 1.807) is 24.5 Å². The van der Waals surface area contributed by atoms with Gasteiger partial charge >= 0.3 is 0 Å². The van der Waals surface area contributed by atoms with E-state index >= 15 is 0 Å². The molecule has 3 heterocycles. The summed E-state index contributed by atoms with van der Waals surface area (Å²) >= 11 is 0. The molecule has 5 rings (SSSR count). The standard InChI is InChI=1S/C26H25FN4O/c1-18-7-8-20(27)15-19(18)16-24-25(26(32)30-13-11-28-12-14-30)22-17-29-10-9-23(22)31(24)21-5-3-2-4-6-21/h2-10,15,17,28H,11-14,16H2,1H3. The van der Waals surface area contributed by atoms with Gasteiger partial charge in [0.2, 0.25) is 0 Å². The molecule has 1 fully saturated rings. The molecule has 0 spiro atoms. The Balaban J connectivity index is 1.76. The van der Waals surface area contributed by atoms with E-state index in [4.69, 9.17) is 0 Å². The smallest absolute Gasteiger partial charge is 0.256 e. The van der Waals surface area contributed by atoms with Gasteiger partial charge in [-0.1, -0.05) is 24.3 Å². The number of aryl methyl sites for hydroxylation is 1. The summed E-state index contributed by atoms with van der Waals surface area (Å²) in [6, 6.07) is 16.8. The van der Waals surface area contributed by atoms with Gasteiger partial charge in [-0.05, 0) is 48.4 Å². The van der Waals surface area contributed by atoms with E-state index in [1.165, 1.54) is 6.07 Å². The molecule has 1 amide bonds. The predicted molar refractivity (Wildman–Crippen MR) is 124 cm³/mol. The summed E-state index contributed by atoms with van der Waals surface area (Å²) in [4.78, 5) is 20.0. The molecule has 0 unspecified atom stereocenters. The average molecular weight is 429 g/mol.